The molecular formula is C18H25ClN4O. The van der Waals surface area contributed by atoms with Gasteiger partial charge in [-0.1, -0.05) is 17.7 Å². The van der Waals surface area contributed by atoms with Crippen LogP contribution in [0.4, 0.5) is 5.82 Å². The highest BCUT2D eigenvalue weighted by Crippen LogP contribution is 2.20. The molecule has 0 spiro atoms. The van der Waals surface area contributed by atoms with Crippen molar-refractivity contribution in [3.8, 4) is 5.69 Å². The van der Waals surface area contributed by atoms with Crippen molar-refractivity contribution < 1.29 is 4.79 Å². The third-order valence-corrected chi connectivity index (χ3v) is 4.41. The van der Waals surface area contributed by atoms with E-state index in [2.05, 4.69) is 41.7 Å². The predicted octanol–water partition coefficient (Wildman–Crippen LogP) is 3.24. The van der Waals surface area contributed by atoms with Crippen LogP contribution in [0.1, 0.15) is 31.0 Å². The van der Waals surface area contributed by atoms with Gasteiger partial charge in [-0.3, -0.25) is 4.79 Å². The number of aromatic nitrogens is 2. The van der Waals surface area contributed by atoms with Crippen molar-refractivity contribution in [3.63, 3.8) is 0 Å². The fourth-order valence-electron chi connectivity index (χ4n) is 3.08. The van der Waals surface area contributed by atoms with E-state index in [1.807, 2.05) is 29.8 Å². The quantitative estimate of drug-likeness (QED) is 0.895. The van der Waals surface area contributed by atoms with Gasteiger partial charge in [0, 0.05) is 23.7 Å². The van der Waals surface area contributed by atoms with Crippen LogP contribution in [0, 0.1) is 19.8 Å². The number of nitrogens with one attached hydrogen (secondary N) is 2. The molecule has 1 aromatic heterocycles. The highest BCUT2D eigenvalue weighted by molar-refractivity contribution is 5.91. The van der Waals surface area contributed by atoms with Crippen molar-refractivity contribution in [1.82, 2.24) is 15.1 Å². The number of carbonyl (C=O) groups is 1. The van der Waals surface area contributed by atoms with Crippen molar-refractivity contribution in [2.45, 2.75) is 39.7 Å². The molecule has 2 heterocycles. The monoisotopic (exact) mass is 348 g/mol. The van der Waals surface area contributed by atoms with Crippen molar-refractivity contribution in [2.24, 2.45) is 5.92 Å². The summed E-state index contributed by atoms with van der Waals surface area (Å²) in [6.45, 7) is 7.08. The zero-order chi connectivity index (χ0) is 16.4. The first-order valence-corrected chi connectivity index (χ1v) is 8.21. The van der Waals surface area contributed by atoms with E-state index in [4.69, 9.17) is 0 Å². The topological polar surface area (TPSA) is 59.0 Å². The third-order valence-electron chi connectivity index (χ3n) is 4.41. The molecule has 1 saturated heterocycles. The Bertz CT molecular complexity index is 696. The molecule has 0 unspecified atom stereocenters. The number of nitrogens with zero attached hydrogens (tertiary/aromatic N) is 2. The Labute approximate surface area is 149 Å². The summed E-state index contributed by atoms with van der Waals surface area (Å²) in [6.07, 6.45) is 1.76. The number of hydrogen-bond acceptors (Lipinski definition) is 3. The molecule has 1 fully saturated rings. The van der Waals surface area contributed by atoms with Crippen LogP contribution < -0.4 is 10.6 Å². The molecule has 0 saturated carbocycles. The first-order chi connectivity index (χ1) is 11.0. The number of rotatable bonds is 3. The minimum Gasteiger partial charge on any atom is -0.314 e. The SMILES string of the molecule is Cc1ccc(-n2nc(NC(=O)[C@H]3CCN[C@@H](C)C3)cc2C)cc1.Cl. The van der Waals surface area contributed by atoms with E-state index >= 15 is 0 Å². The molecule has 6 heteroatoms. The van der Waals surface area contributed by atoms with Gasteiger partial charge in [0.25, 0.3) is 0 Å². The van der Waals surface area contributed by atoms with Crippen LogP contribution in [0.5, 0.6) is 0 Å². The lowest BCUT2D eigenvalue weighted by Gasteiger charge is -2.26. The van der Waals surface area contributed by atoms with Crippen molar-refractivity contribution in [2.75, 3.05) is 11.9 Å². The summed E-state index contributed by atoms with van der Waals surface area (Å²) in [6, 6.07) is 10.5. The molecule has 0 radical (unpaired) electrons. The number of amides is 1. The molecule has 1 aromatic carbocycles. The Morgan fingerprint density at radius 3 is 2.67 bits per heavy atom. The molecule has 1 amide bonds. The Balaban J connectivity index is 0.00000208. The van der Waals surface area contributed by atoms with Gasteiger partial charge in [0.1, 0.15) is 0 Å². The Morgan fingerprint density at radius 1 is 1.29 bits per heavy atom. The minimum atomic E-state index is 0. The van der Waals surface area contributed by atoms with Gasteiger partial charge in [-0.25, -0.2) is 4.68 Å². The molecule has 0 bridgehead atoms. The molecule has 2 atom stereocenters. The average Bonchev–Trinajstić information content (AvgIpc) is 2.88. The Kier molecular flexibility index (Phi) is 6.02. The van der Waals surface area contributed by atoms with Crippen LogP contribution in [0.25, 0.3) is 5.69 Å². The van der Waals surface area contributed by atoms with E-state index in [0.717, 1.165) is 30.8 Å². The predicted molar refractivity (Wildman–Crippen MR) is 99.1 cm³/mol. The first-order valence-electron chi connectivity index (χ1n) is 8.21. The van der Waals surface area contributed by atoms with Crippen LogP contribution in [-0.2, 0) is 4.79 Å². The maximum absolute atomic E-state index is 12.4. The molecule has 5 nitrogen and oxygen atoms in total. The number of halogens is 1. The summed E-state index contributed by atoms with van der Waals surface area (Å²) in [5, 5.41) is 10.9. The van der Waals surface area contributed by atoms with E-state index in [-0.39, 0.29) is 24.2 Å². The van der Waals surface area contributed by atoms with E-state index in [9.17, 15) is 4.79 Å². The lowest BCUT2D eigenvalue weighted by Crippen LogP contribution is -2.40. The summed E-state index contributed by atoms with van der Waals surface area (Å²) in [5.74, 6) is 0.766. The Morgan fingerprint density at radius 2 is 2.00 bits per heavy atom. The molecule has 3 rings (SSSR count). The van der Waals surface area contributed by atoms with E-state index < -0.39 is 0 Å². The maximum atomic E-state index is 12.4. The number of aryl methyl sites for hydroxylation is 2. The number of piperidine rings is 1. The number of hydrogen-bond donors (Lipinski definition) is 2. The van der Waals surface area contributed by atoms with Gasteiger partial charge in [0.15, 0.2) is 5.82 Å². The highest BCUT2D eigenvalue weighted by atomic mass is 35.5. The number of carbonyl (C=O) groups excluding carboxylic acids is 1. The van der Waals surface area contributed by atoms with Crippen molar-refractivity contribution in [3.05, 3.63) is 41.6 Å². The Hall–Kier alpha value is -1.85. The number of anilines is 1. The van der Waals surface area contributed by atoms with Crippen molar-refractivity contribution >= 4 is 24.1 Å². The van der Waals surface area contributed by atoms with Gasteiger partial charge in [-0.15, -0.1) is 17.5 Å². The van der Waals surface area contributed by atoms with Gasteiger partial charge in [0.05, 0.1) is 5.69 Å². The molecule has 2 aromatic rings. The molecule has 1 aliphatic heterocycles. The second-order valence-electron chi connectivity index (χ2n) is 6.48. The standard InChI is InChI=1S/C18H24N4O.ClH/c1-12-4-6-16(7-5-12)22-14(3)11-17(21-22)20-18(23)15-8-9-19-13(2)10-15;/h4-7,11,13,15,19H,8-10H2,1-3H3,(H,20,21,23);1H/t13-,15-;/m0./s1. The summed E-state index contributed by atoms with van der Waals surface area (Å²) >= 11 is 0. The fraction of sp³-hybridized carbons (Fsp3) is 0.444. The van der Waals surface area contributed by atoms with Crippen molar-refractivity contribution in [1.29, 1.82) is 0 Å². The fourth-order valence-corrected chi connectivity index (χ4v) is 3.08. The summed E-state index contributed by atoms with van der Waals surface area (Å²) in [7, 11) is 0. The lowest BCUT2D eigenvalue weighted by molar-refractivity contribution is -0.120. The van der Waals surface area contributed by atoms with Crippen LogP contribution >= 0.6 is 12.4 Å². The molecule has 1 aliphatic rings. The maximum Gasteiger partial charge on any atom is 0.228 e. The zero-order valence-corrected chi connectivity index (χ0v) is 15.2. The first kappa shape index (κ1) is 18.5. The van der Waals surface area contributed by atoms with Crippen LogP contribution in [0.15, 0.2) is 30.3 Å². The average molecular weight is 349 g/mol. The van der Waals surface area contributed by atoms with E-state index in [1.54, 1.807) is 0 Å². The summed E-state index contributed by atoms with van der Waals surface area (Å²) in [4.78, 5) is 12.4. The summed E-state index contributed by atoms with van der Waals surface area (Å²) in [5.41, 5.74) is 3.22. The molecule has 24 heavy (non-hydrogen) atoms. The normalized spacial score (nSPS) is 20.3. The van der Waals surface area contributed by atoms with Gasteiger partial charge >= 0.3 is 0 Å². The second kappa shape index (κ2) is 7.81. The largest absolute Gasteiger partial charge is 0.314 e. The summed E-state index contributed by atoms with van der Waals surface area (Å²) < 4.78 is 1.86. The highest BCUT2D eigenvalue weighted by Gasteiger charge is 2.25. The molecule has 0 aliphatic carbocycles. The van der Waals surface area contributed by atoms with Gasteiger partial charge in [-0.05, 0) is 52.3 Å². The van der Waals surface area contributed by atoms with Gasteiger partial charge in [-0.2, -0.15) is 0 Å². The smallest absolute Gasteiger partial charge is 0.228 e. The van der Waals surface area contributed by atoms with Gasteiger partial charge in [0.2, 0.25) is 5.91 Å². The van der Waals surface area contributed by atoms with Crippen LogP contribution in [0.3, 0.4) is 0 Å². The van der Waals surface area contributed by atoms with Gasteiger partial charge < -0.3 is 10.6 Å². The third kappa shape index (κ3) is 4.16. The molecule has 2 N–H and O–H groups in total. The zero-order valence-electron chi connectivity index (χ0n) is 14.4. The van der Waals surface area contributed by atoms with Crippen LogP contribution in [0.2, 0.25) is 0 Å². The van der Waals surface area contributed by atoms with E-state index in [0.29, 0.717) is 11.9 Å². The lowest BCUT2D eigenvalue weighted by atomic mass is 9.92. The molecular weight excluding hydrogens is 324 g/mol. The number of benzene rings is 1. The minimum absolute atomic E-state index is 0. The van der Waals surface area contributed by atoms with E-state index in [1.165, 1.54) is 5.56 Å². The van der Waals surface area contributed by atoms with Crippen LogP contribution in [-0.4, -0.2) is 28.3 Å². The second-order valence-corrected chi connectivity index (χ2v) is 6.48. The molecule has 130 valence electrons.